The van der Waals surface area contributed by atoms with E-state index < -0.39 is 0 Å². The molecule has 5 nitrogen and oxygen atoms in total. The number of rotatable bonds is 6. The van der Waals surface area contributed by atoms with Crippen LogP contribution < -0.4 is 0 Å². The van der Waals surface area contributed by atoms with Gasteiger partial charge in [-0.15, -0.1) is 11.3 Å². The lowest BCUT2D eigenvalue weighted by molar-refractivity contribution is -0.115. The molecule has 33 heavy (non-hydrogen) atoms. The molecule has 0 saturated carbocycles. The summed E-state index contributed by atoms with van der Waals surface area (Å²) in [7, 11) is 4.37. The Labute approximate surface area is 203 Å². The van der Waals surface area contributed by atoms with Crippen molar-refractivity contribution in [3.8, 4) is 0 Å². The fourth-order valence-electron chi connectivity index (χ4n) is 5.83. The summed E-state index contributed by atoms with van der Waals surface area (Å²) >= 11 is 1.86. The van der Waals surface area contributed by atoms with Crippen molar-refractivity contribution in [3.63, 3.8) is 0 Å². The maximum atomic E-state index is 13.6. The molecule has 1 atom stereocenters. The molecule has 1 saturated heterocycles. The Kier molecular flexibility index (Phi) is 7.27. The minimum Gasteiger partial charge on any atom is -0.334 e. The molecule has 2 aliphatic heterocycles. The number of likely N-dealkylation sites (tertiary alicyclic amines) is 1. The van der Waals surface area contributed by atoms with Crippen LogP contribution in [0.15, 0.2) is 22.8 Å². The summed E-state index contributed by atoms with van der Waals surface area (Å²) in [4.78, 5) is 35.7. The van der Waals surface area contributed by atoms with Crippen molar-refractivity contribution in [3.05, 3.63) is 43.7 Å². The fourth-order valence-corrected chi connectivity index (χ4v) is 7.34. The Bertz CT molecular complexity index is 995. The van der Waals surface area contributed by atoms with Gasteiger partial charge in [-0.25, -0.2) is 0 Å². The van der Waals surface area contributed by atoms with E-state index in [2.05, 4.69) is 43.8 Å². The van der Waals surface area contributed by atoms with E-state index in [1.807, 2.05) is 30.1 Å². The largest absolute Gasteiger partial charge is 0.334 e. The van der Waals surface area contributed by atoms with Gasteiger partial charge in [0, 0.05) is 66.4 Å². The Morgan fingerprint density at radius 1 is 1.12 bits per heavy atom. The Morgan fingerprint density at radius 2 is 1.82 bits per heavy atom. The topological polar surface area (TPSA) is 43.9 Å². The molecule has 1 unspecified atom stereocenters. The molecule has 3 aliphatic rings. The second kappa shape index (κ2) is 9.85. The Hall–Kier alpha value is -1.76. The molecule has 0 N–H and O–H groups in total. The highest BCUT2D eigenvalue weighted by Crippen LogP contribution is 2.40. The zero-order valence-electron chi connectivity index (χ0n) is 21.2. The van der Waals surface area contributed by atoms with E-state index in [1.54, 1.807) is 0 Å². The number of thiophene rings is 1. The van der Waals surface area contributed by atoms with Gasteiger partial charge in [0.1, 0.15) is 0 Å². The van der Waals surface area contributed by atoms with E-state index in [0.717, 1.165) is 48.2 Å². The molecule has 1 aromatic rings. The maximum Gasteiger partial charge on any atom is 0.255 e. The van der Waals surface area contributed by atoms with Crippen LogP contribution in [0.4, 0.5) is 0 Å². The number of hydrogen-bond acceptors (Lipinski definition) is 5. The van der Waals surface area contributed by atoms with Crippen LogP contribution in [-0.4, -0.2) is 72.7 Å². The highest BCUT2D eigenvalue weighted by molar-refractivity contribution is 7.12. The second-order valence-electron chi connectivity index (χ2n) is 10.3. The Balaban J connectivity index is 1.54. The number of ketones is 1. The second-order valence-corrected chi connectivity index (χ2v) is 11.4. The average molecular weight is 470 g/mol. The molecule has 0 spiro atoms. The van der Waals surface area contributed by atoms with Crippen LogP contribution in [-0.2, 0) is 11.2 Å². The summed E-state index contributed by atoms with van der Waals surface area (Å²) in [6, 6.07) is 1.06. The van der Waals surface area contributed by atoms with E-state index in [9.17, 15) is 9.59 Å². The van der Waals surface area contributed by atoms with Gasteiger partial charge < -0.3 is 9.80 Å². The highest BCUT2D eigenvalue weighted by Gasteiger charge is 2.35. The fraction of sp³-hybridized carbons (Fsp3) is 0.630. The number of allylic oxidation sites excluding steroid dienone is 3. The van der Waals surface area contributed by atoms with E-state index in [4.69, 9.17) is 0 Å². The van der Waals surface area contributed by atoms with Crippen molar-refractivity contribution in [1.29, 1.82) is 0 Å². The van der Waals surface area contributed by atoms with Crippen LogP contribution in [0.2, 0.25) is 0 Å². The minimum absolute atomic E-state index is 0.108. The monoisotopic (exact) mass is 469 g/mol. The number of fused-ring (bicyclic) bond motifs is 1. The molecule has 3 heterocycles. The number of carbonyl (C=O) groups excluding carboxylic acids is 2. The molecule has 180 valence electrons. The van der Waals surface area contributed by atoms with Crippen molar-refractivity contribution in [2.24, 2.45) is 0 Å². The van der Waals surface area contributed by atoms with Crippen LogP contribution in [0.5, 0.6) is 0 Å². The molecule has 6 heteroatoms. The number of carbonyl (C=O) groups is 2. The molecule has 1 amide bonds. The number of hydrogen-bond donors (Lipinski definition) is 0. The van der Waals surface area contributed by atoms with Crippen molar-refractivity contribution < 1.29 is 9.59 Å². The molecule has 1 fully saturated rings. The van der Waals surface area contributed by atoms with E-state index in [0.29, 0.717) is 31.6 Å². The first-order valence-electron chi connectivity index (χ1n) is 12.4. The lowest BCUT2D eigenvalue weighted by Crippen LogP contribution is -2.43. The maximum absolute atomic E-state index is 13.6. The van der Waals surface area contributed by atoms with Gasteiger partial charge in [-0.3, -0.25) is 14.5 Å². The molecular weight excluding hydrogens is 430 g/mol. The van der Waals surface area contributed by atoms with Crippen LogP contribution in [0.3, 0.4) is 0 Å². The zero-order valence-corrected chi connectivity index (χ0v) is 22.0. The summed E-state index contributed by atoms with van der Waals surface area (Å²) in [6.07, 6.45) is 6.94. The summed E-state index contributed by atoms with van der Waals surface area (Å²) in [6.45, 7) is 11.8. The van der Waals surface area contributed by atoms with E-state index >= 15 is 0 Å². The predicted octanol–water partition coefficient (Wildman–Crippen LogP) is 4.77. The third-order valence-corrected chi connectivity index (χ3v) is 9.24. The average Bonchev–Trinajstić information content (AvgIpc) is 3.10. The SMILES string of the molecule is CCC(c1sc2c(c1C)C(=O)N(CC1=C(C)C=C(C)CC1=O)CC2)N1CCC(N(C)C)CC1. The normalized spacial score (nSPS) is 21.7. The van der Waals surface area contributed by atoms with Crippen LogP contribution >= 0.6 is 11.3 Å². The number of nitrogens with zero attached hydrogens (tertiary/aromatic N) is 3. The van der Waals surface area contributed by atoms with E-state index in [-0.39, 0.29) is 11.7 Å². The first kappa shape index (κ1) is 24.4. The minimum atomic E-state index is 0.108. The summed E-state index contributed by atoms with van der Waals surface area (Å²) in [5.41, 5.74) is 5.00. The number of Topliss-reactive ketones (excluding diaryl/α,β-unsaturated/α-hetero) is 1. The van der Waals surface area contributed by atoms with Crippen molar-refractivity contribution in [2.45, 2.75) is 71.9 Å². The van der Waals surface area contributed by atoms with Gasteiger partial charge in [0.15, 0.2) is 5.78 Å². The van der Waals surface area contributed by atoms with Gasteiger partial charge in [-0.1, -0.05) is 18.6 Å². The van der Waals surface area contributed by atoms with Crippen molar-refractivity contribution in [1.82, 2.24) is 14.7 Å². The van der Waals surface area contributed by atoms with Gasteiger partial charge >= 0.3 is 0 Å². The molecule has 1 aromatic heterocycles. The number of amides is 1. The predicted molar refractivity (Wildman–Crippen MR) is 136 cm³/mol. The molecule has 0 bridgehead atoms. The Morgan fingerprint density at radius 3 is 2.42 bits per heavy atom. The van der Waals surface area contributed by atoms with Gasteiger partial charge in [0.25, 0.3) is 5.91 Å². The lowest BCUT2D eigenvalue weighted by atomic mass is 9.91. The quantitative estimate of drug-likeness (QED) is 0.602. The van der Waals surface area contributed by atoms with Crippen molar-refractivity contribution >= 4 is 23.0 Å². The summed E-state index contributed by atoms with van der Waals surface area (Å²) in [5.74, 6) is 0.276. The summed E-state index contributed by atoms with van der Waals surface area (Å²) in [5, 5.41) is 0. The first-order valence-corrected chi connectivity index (χ1v) is 13.2. The third kappa shape index (κ3) is 4.75. The standard InChI is InChI=1S/C27H39N3O2S/c1-7-22(29-11-8-20(9-12-29)28(5)6)26-19(4)25-24(33-26)10-13-30(27(25)32)16-21-18(3)14-17(2)15-23(21)31/h14,20,22H,7-13,15-16H2,1-6H3. The molecular formula is C27H39N3O2S. The molecule has 0 aromatic carbocycles. The van der Waals surface area contributed by atoms with Gasteiger partial charge in [-0.2, -0.15) is 0 Å². The first-order chi connectivity index (χ1) is 15.7. The third-order valence-electron chi connectivity index (χ3n) is 7.79. The molecule has 0 radical (unpaired) electrons. The van der Waals surface area contributed by atoms with Gasteiger partial charge in [0.05, 0.1) is 5.56 Å². The lowest BCUT2D eigenvalue weighted by Gasteiger charge is -2.39. The van der Waals surface area contributed by atoms with Crippen LogP contribution in [0, 0.1) is 6.92 Å². The van der Waals surface area contributed by atoms with Crippen LogP contribution in [0.1, 0.15) is 78.2 Å². The number of piperidine rings is 1. The molecule has 1 aliphatic carbocycles. The highest BCUT2D eigenvalue weighted by atomic mass is 32.1. The van der Waals surface area contributed by atoms with Gasteiger partial charge in [0.2, 0.25) is 0 Å². The van der Waals surface area contributed by atoms with Crippen LogP contribution in [0.25, 0.3) is 0 Å². The van der Waals surface area contributed by atoms with Crippen molar-refractivity contribution in [2.75, 3.05) is 40.3 Å². The zero-order chi connectivity index (χ0) is 23.9. The molecule has 4 rings (SSSR count). The smallest absolute Gasteiger partial charge is 0.255 e. The summed E-state index contributed by atoms with van der Waals surface area (Å²) < 4.78 is 0. The van der Waals surface area contributed by atoms with E-state index in [1.165, 1.54) is 28.2 Å². The van der Waals surface area contributed by atoms with Gasteiger partial charge in [-0.05, 0) is 65.3 Å².